The van der Waals surface area contributed by atoms with E-state index >= 15 is 0 Å². The highest BCUT2D eigenvalue weighted by Gasteiger charge is 2.22. The Bertz CT molecular complexity index is 2260. The smallest absolute Gasteiger partial charge is 0.0985 e. The third-order valence-electron chi connectivity index (χ3n) is 8.47. The molecule has 2 nitrogen and oxygen atoms in total. The summed E-state index contributed by atoms with van der Waals surface area (Å²) in [5, 5.41) is 0. The fourth-order valence-electron chi connectivity index (χ4n) is 6.26. The molecule has 0 bridgehead atoms. The van der Waals surface area contributed by atoms with Crippen LogP contribution in [0.25, 0.3) is 78.1 Å². The maximum atomic E-state index is 5.59. The number of aromatic nitrogens is 2. The van der Waals surface area contributed by atoms with Crippen molar-refractivity contribution in [3.05, 3.63) is 182 Å². The molecule has 0 aliphatic carbocycles. The van der Waals surface area contributed by atoms with Gasteiger partial charge in [-0.2, -0.15) is 0 Å². The van der Waals surface area contributed by atoms with Gasteiger partial charge >= 0.3 is 0 Å². The molecule has 216 valence electrons. The van der Waals surface area contributed by atoms with Gasteiger partial charge in [0.2, 0.25) is 0 Å². The number of benzene rings is 7. The summed E-state index contributed by atoms with van der Waals surface area (Å²) in [4.78, 5) is 11.1. The molecule has 8 aromatic rings. The largest absolute Gasteiger partial charge is 0.243 e. The summed E-state index contributed by atoms with van der Waals surface area (Å²) in [7, 11) is 0. The Kier molecular flexibility index (Phi) is 7.22. The van der Waals surface area contributed by atoms with Gasteiger partial charge in [-0.25, -0.2) is 9.97 Å². The van der Waals surface area contributed by atoms with Crippen molar-refractivity contribution >= 4 is 11.0 Å². The Morgan fingerprint density at radius 2 is 0.674 bits per heavy atom. The molecule has 0 aliphatic heterocycles. The lowest BCUT2D eigenvalue weighted by Crippen LogP contribution is -2.00. The lowest BCUT2D eigenvalue weighted by Gasteiger charge is -2.20. The van der Waals surface area contributed by atoms with Gasteiger partial charge in [-0.05, 0) is 45.5 Å². The predicted molar refractivity (Wildman–Crippen MR) is 192 cm³/mol. The summed E-state index contributed by atoms with van der Waals surface area (Å²) in [6.45, 7) is 0. The second-order valence-electron chi connectivity index (χ2n) is 11.4. The van der Waals surface area contributed by atoms with E-state index in [1.807, 2.05) is 12.1 Å². The van der Waals surface area contributed by atoms with Crippen molar-refractivity contribution in [1.29, 1.82) is 0 Å². The van der Waals surface area contributed by atoms with Crippen LogP contribution in [0.3, 0.4) is 0 Å². The average Bonchev–Trinajstić information content (AvgIpc) is 3.15. The Balaban J connectivity index is 1.52. The standard InChI is InChI=1S/C44H30N2/c1-6-17-31(18-7-1)36-27-16-28-37(29-36)38-30-39(32-19-8-2-9-20-32)43-44(40(38)33-21-10-3-11-22-33)46-42(35-25-14-5-15-26-35)41(45-43)34-23-12-4-13-24-34/h1-30H. The highest BCUT2D eigenvalue weighted by atomic mass is 14.8. The summed E-state index contributed by atoms with van der Waals surface area (Å²) >= 11 is 0. The molecule has 46 heavy (non-hydrogen) atoms. The van der Waals surface area contributed by atoms with Crippen molar-refractivity contribution in [3.63, 3.8) is 0 Å². The van der Waals surface area contributed by atoms with Gasteiger partial charge in [-0.1, -0.05) is 170 Å². The van der Waals surface area contributed by atoms with Crippen molar-refractivity contribution in [3.8, 4) is 67.0 Å². The van der Waals surface area contributed by atoms with Crippen LogP contribution in [0, 0.1) is 0 Å². The van der Waals surface area contributed by atoms with Gasteiger partial charge in [0.15, 0.2) is 0 Å². The highest BCUT2D eigenvalue weighted by molar-refractivity contribution is 6.09. The van der Waals surface area contributed by atoms with Gasteiger partial charge in [0, 0.05) is 22.3 Å². The minimum absolute atomic E-state index is 0.866. The number of hydrogen-bond donors (Lipinski definition) is 0. The Morgan fingerprint density at radius 1 is 0.261 bits per heavy atom. The van der Waals surface area contributed by atoms with Gasteiger partial charge in [-0.15, -0.1) is 0 Å². The first-order valence-electron chi connectivity index (χ1n) is 15.6. The van der Waals surface area contributed by atoms with Gasteiger partial charge in [0.1, 0.15) is 0 Å². The van der Waals surface area contributed by atoms with Crippen LogP contribution in [0.1, 0.15) is 0 Å². The maximum absolute atomic E-state index is 5.59. The summed E-state index contributed by atoms with van der Waals surface area (Å²) in [5.41, 5.74) is 14.5. The molecule has 0 saturated carbocycles. The van der Waals surface area contributed by atoms with Gasteiger partial charge in [0.05, 0.1) is 22.4 Å². The summed E-state index contributed by atoms with van der Waals surface area (Å²) in [6, 6.07) is 63.7. The monoisotopic (exact) mass is 586 g/mol. The van der Waals surface area contributed by atoms with Crippen molar-refractivity contribution in [2.45, 2.75) is 0 Å². The molecular weight excluding hydrogens is 556 g/mol. The van der Waals surface area contributed by atoms with E-state index in [9.17, 15) is 0 Å². The second kappa shape index (κ2) is 12.1. The van der Waals surface area contributed by atoms with Crippen LogP contribution < -0.4 is 0 Å². The first-order chi connectivity index (χ1) is 22.8. The Labute approximate surface area is 269 Å². The fourth-order valence-corrected chi connectivity index (χ4v) is 6.26. The fraction of sp³-hybridized carbons (Fsp3) is 0. The average molecular weight is 587 g/mol. The molecule has 0 fully saturated rings. The molecule has 2 heteroatoms. The summed E-state index contributed by atoms with van der Waals surface area (Å²) in [5.74, 6) is 0. The minimum Gasteiger partial charge on any atom is -0.243 e. The highest BCUT2D eigenvalue weighted by Crippen LogP contribution is 2.44. The summed E-state index contributed by atoms with van der Waals surface area (Å²) < 4.78 is 0. The molecule has 1 aromatic heterocycles. The van der Waals surface area contributed by atoms with Gasteiger partial charge in [0.25, 0.3) is 0 Å². The zero-order chi connectivity index (χ0) is 30.7. The Morgan fingerprint density at radius 3 is 1.22 bits per heavy atom. The molecular formula is C44H30N2. The van der Waals surface area contributed by atoms with E-state index in [1.54, 1.807) is 0 Å². The first-order valence-corrected chi connectivity index (χ1v) is 15.6. The van der Waals surface area contributed by atoms with Crippen LogP contribution in [0.4, 0.5) is 0 Å². The normalized spacial score (nSPS) is 11.0. The van der Waals surface area contributed by atoms with Crippen molar-refractivity contribution in [2.75, 3.05) is 0 Å². The van der Waals surface area contributed by atoms with E-state index in [1.165, 1.54) is 11.1 Å². The van der Waals surface area contributed by atoms with Crippen LogP contribution >= 0.6 is 0 Å². The van der Waals surface area contributed by atoms with E-state index in [-0.39, 0.29) is 0 Å². The van der Waals surface area contributed by atoms with Crippen LogP contribution in [-0.2, 0) is 0 Å². The SMILES string of the molecule is c1ccc(-c2cccc(-c3cc(-c4ccccc4)c4nc(-c5ccccc5)c(-c5ccccc5)nc4c3-c3ccccc3)c2)cc1. The molecule has 0 radical (unpaired) electrons. The van der Waals surface area contributed by atoms with Crippen LogP contribution in [-0.4, -0.2) is 9.97 Å². The molecule has 0 aliphatic rings. The van der Waals surface area contributed by atoms with Gasteiger partial charge < -0.3 is 0 Å². The number of nitrogens with zero attached hydrogens (tertiary/aromatic N) is 2. The molecule has 1 heterocycles. The van der Waals surface area contributed by atoms with E-state index in [0.29, 0.717) is 0 Å². The third kappa shape index (κ3) is 5.16. The molecule has 0 saturated heterocycles. The maximum Gasteiger partial charge on any atom is 0.0985 e. The van der Waals surface area contributed by atoms with Crippen molar-refractivity contribution in [2.24, 2.45) is 0 Å². The second-order valence-corrected chi connectivity index (χ2v) is 11.4. The van der Waals surface area contributed by atoms with Crippen LogP contribution in [0.2, 0.25) is 0 Å². The van der Waals surface area contributed by atoms with E-state index < -0.39 is 0 Å². The molecule has 8 rings (SSSR count). The van der Waals surface area contributed by atoms with Crippen LogP contribution in [0.5, 0.6) is 0 Å². The molecule has 7 aromatic carbocycles. The predicted octanol–water partition coefficient (Wildman–Crippen LogP) is 11.6. The topological polar surface area (TPSA) is 25.8 Å². The van der Waals surface area contributed by atoms with Crippen molar-refractivity contribution in [1.82, 2.24) is 9.97 Å². The molecule has 0 unspecified atom stereocenters. The molecule has 0 amide bonds. The van der Waals surface area contributed by atoms with E-state index in [4.69, 9.17) is 9.97 Å². The zero-order valence-electron chi connectivity index (χ0n) is 25.2. The number of fused-ring (bicyclic) bond motifs is 1. The quantitative estimate of drug-likeness (QED) is 0.194. The molecule has 0 atom stereocenters. The van der Waals surface area contributed by atoms with Crippen LogP contribution in [0.15, 0.2) is 182 Å². The molecule has 0 N–H and O–H groups in total. The first kappa shape index (κ1) is 27.4. The lowest BCUT2D eigenvalue weighted by molar-refractivity contribution is 1.29. The lowest BCUT2D eigenvalue weighted by atomic mass is 9.87. The van der Waals surface area contributed by atoms with E-state index in [0.717, 1.165) is 66.9 Å². The zero-order valence-corrected chi connectivity index (χ0v) is 25.2. The minimum atomic E-state index is 0.866. The summed E-state index contributed by atoms with van der Waals surface area (Å²) in [6.07, 6.45) is 0. The number of hydrogen-bond acceptors (Lipinski definition) is 2. The third-order valence-corrected chi connectivity index (χ3v) is 8.47. The Hall–Kier alpha value is -6.12. The van der Waals surface area contributed by atoms with Gasteiger partial charge in [-0.3, -0.25) is 0 Å². The van der Waals surface area contributed by atoms with Crippen molar-refractivity contribution < 1.29 is 0 Å². The molecule has 0 spiro atoms. The van der Waals surface area contributed by atoms with E-state index in [2.05, 4.69) is 170 Å². The number of rotatable bonds is 6.